The molecule has 4 aromatic rings. The van der Waals surface area contributed by atoms with Gasteiger partial charge in [-0.25, -0.2) is 22.8 Å². The Kier molecular flexibility index (Phi) is 7.45. The second kappa shape index (κ2) is 10.9. The van der Waals surface area contributed by atoms with E-state index in [-0.39, 0.29) is 12.4 Å². The van der Waals surface area contributed by atoms with Crippen molar-refractivity contribution in [3.05, 3.63) is 108 Å². The lowest BCUT2D eigenvalue weighted by Crippen LogP contribution is -2.08. The van der Waals surface area contributed by atoms with Crippen molar-refractivity contribution in [3.63, 3.8) is 0 Å². The average Bonchev–Trinajstić information content (AvgIpc) is 2.84. The van der Waals surface area contributed by atoms with Gasteiger partial charge in [0.25, 0.3) is 10.0 Å². The highest BCUT2D eigenvalue weighted by atomic mass is 32.2. The first-order valence-corrected chi connectivity index (χ1v) is 12.4. The summed E-state index contributed by atoms with van der Waals surface area (Å²) in [6.07, 6.45) is 1.41. The van der Waals surface area contributed by atoms with Gasteiger partial charge in [0.05, 0.1) is 5.69 Å². The van der Waals surface area contributed by atoms with E-state index in [1.54, 1.807) is 36.4 Å². The number of hydrogen-bond acceptors (Lipinski definition) is 7. The van der Waals surface area contributed by atoms with Crippen LogP contribution in [0, 0.1) is 12.7 Å². The van der Waals surface area contributed by atoms with Crippen molar-refractivity contribution in [1.29, 1.82) is 0 Å². The zero-order valence-corrected chi connectivity index (χ0v) is 20.2. The molecule has 8 nitrogen and oxygen atoms in total. The zero-order chi connectivity index (χ0) is 25.5. The summed E-state index contributed by atoms with van der Waals surface area (Å²) < 4.78 is 45.0. The molecule has 0 aliphatic rings. The van der Waals surface area contributed by atoms with Crippen molar-refractivity contribution in [1.82, 2.24) is 9.97 Å². The third-order valence-corrected chi connectivity index (χ3v) is 5.97. The molecule has 184 valence electrons. The molecule has 0 aliphatic heterocycles. The Morgan fingerprint density at radius 2 is 1.61 bits per heavy atom. The molecule has 0 amide bonds. The van der Waals surface area contributed by atoms with E-state index in [0.717, 1.165) is 22.2 Å². The van der Waals surface area contributed by atoms with Gasteiger partial charge in [-0.1, -0.05) is 24.8 Å². The molecule has 0 saturated heterocycles. The highest BCUT2D eigenvalue weighted by Gasteiger charge is 2.07. The number of benzene rings is 3. The molecule has 36 heavy (non-hydrogen) atoms. The summed E-state index contributed by atoms with van der Waals surface area (Å²) in [6.45, 7) is 5.48. The lowest BCUT2D eigenvalue weighted by Gasteiger charge is -2.13. The molecule has 0 saturated carbocycles. The van der Waals surface area contributed by atoms with E-state index in [0.29, 0.717) is 28.8 Å². The number of nitrogens with one attached hydrogen (secondary N) is 3. The van der Waals surface area contributed by atoms with Gasteiger partial charge in [-0.2, -0.15) is 0 Å². The van der Waals surface area contributed by atoms with Gasteiger partial charge in [-0.3, -0.25) is 4.72 Å². The van der Waals surface area contributed by atoms with Crippen molar-refractivity contribution < 1.29 is 17.5 Å². The Bertz CT molecular complexity index is 1490. The Balaban J connectivity index is 1.41. The molecule has 3 aromatic carbocycles. The minimum absolute atomic E-state index is 0.266. The monoisotopic (exact) mass is 505 g/mol. The summed E-state index contributed by atoms with van der Waals surface area (Å²) in [6, 6.07) is 20.4. The Morgan fingerprint density at radius 3 is 2.31 bits per heavy atom. The van der Waals surface area contributed by atoms with Gasteiger partial charge < -0.3 is 15.4 Å². The first-order valence-electron chi connectivity index (χ1n) is 10.9. The maximum Gasteiger partial charge on any atom is 0.254 e. The molecule has 3 N–H and O–H groups in total. The van der Waals surface area contributed by atoms with Gasteiger partial charge in [-0.15, -0.1) is 0 Å². The number of aryl methyl sites for hydroxylation is 1. The molecule has 0 unspecified atom stereocenters. The Labute approximate surface area is 209 Å². The minimum atomic E-state index is -3.60. The van der Waals surface area contributed by atoms with Gasteiger partial charge in [0.2, 0.25) is 0 Å². The van der Waals surface area contributed by atoms with Crippen LogP contribution in [0.4, 0.5) is 33.1 Å². The van der Waals surface area contributed by atoms with Crippen LogP contribution in [0.1, 0.15) is 11.1 Å². The van der Waals surface area contributed by atoms with Crippen LogP contribution in [0.5, 0.6) is 5.75 Å². The van der Waals surface area contributed by atoms with Crippen LogP contribution in [0.2, 0.25) is 0 Å². The number of sulfonamides is 1. The number of anilines is 5. The topological polar surface area (TPSA) is 105 Å². The molecule has 4 rings (SSSR count). The zero-order valence-electron chi connectivity index (χ0n) is 19.4. The fraction of sp³-hybridized carbons (Fsp3) is 0.0769. The summed E-state index contributed by atoms with van der Waals surface area (Å²) in [5.41, 5.74) is 3.49. The van der Waals surface area contributed by atoms with E-state index in [9.17, 15) is 12.8 Å². The lowest BCUT2D eigenvalue weighted by atomic mass is 10.2. The van der Waals surface area contributed by atoms with Gasteiger partial charge in [0, 0.05) is 22.8 Å². The third-order valence-electron chi connectivity index (χ3n) is 5.01. The Hall–Kier alpha value is -4.44. The summed E-state index contributed by atoms with van der Waals surface area (Å²) in [5, 5.41) is 7.21. The molecule has 0 spiro atoms. The van der Waals surface area contributed by atoms with E-state index in [1.165, 1.54) is 18.5 Å². The van der Waals surface area contributed by atoms with Gasteiger partial charge in [0.1, 0.15) is 36.1 Å². The van der Waals surface area contributed by atoms with Crippen LogP contribution >= 0.6 is 0 Å². The molecule has 10 heteroatoms. The molecular formula is C26H24FN5O3S. The van der Waals surface area contributed by atoms with Crippen molar-refractivity contribution >= 4 is 38.7 Å². The molecule has 1 heterocycles. The normalized spacial score (nSPS) is 10.9. The Morgan fingerprint density at radius 1 is 0.917 bits per heavy atom. The minimum Gasteiger partial charge on any atom is -0.489 e. The molecular weight excluding hydrogens is 481 g/mol. The van der Waals surface area contributed by atoms with Crippen LogP contribution in [0.15, 0.2) is 91.1 Å². The maximum atomic E-state index is 13.4. The molecule has 0 radical (unpaired) electrons. The van der Waals surface area contributed by atoms with E-state index in [1.807, 2.05) is 31.2 Å². The number of rotatable bonds is 10. The van der Waals surface area contributed by atoms with E-state index < -0.39 is 10.0 Å². The fourth-order valence-corrected chi connectivity index (χ4v) is 3.87. The average molecular weight is 506 g/mol. The molecule has 0 atom stereocenters. The van der Waals surface area contributed by atoms with Gasteiger partial charge >= 0.3 is 0 Å². The number of hydrogen-bond donors (Lipinski definition) is 3. The molecule has 0 fully saturated rings. The van der Waals surface area contributed by atoms with Gasteiger partial charge in [-0.05, 0) is 66.6 Å². The first-order chi connectivity index (χ1) is 17.3. The highest BCUT2D eigenvalue weighted by molar-refractivity contribution is 7.95. The largest absolute Gasteiger partial charge is 0.489 e. The fourth-order valence-electron chi connectivity index (χ4n) is 3.33. The predicted molar refractivity (Wildman–Crippen MR) is 140 cm³/mol. The van der Waals surface area contributed by atoms with Crippen LogP contribution < -0.4 is 20.1 Å². The molecule has 0 aliphatic carbocycles. The van der Waals surface area contributed by atoms with E-state index >= 15 is 0 Å². The summed E-state index contributed by atoms with van der Waals surface area (Å²) in [7, 11) is -3.60. The molecule has 1 aromatic heterocycles. The van der Waals surface area contributed by atoms with Crippen LogP contribution in [-0.4, -0.2) is 18.4 Å². The highest BCUT2D eigenvalue weighted by Crippen LogP contribution is 2.26. The summed E-state index contributed by atoms with van der Waals surface area (Å²) in [5.74, 6) is 1.48. The van der Waals surface area contributed by atoms with Crippen molar-refractivity contribution in [2.75, 3.05) is 15.4 Å². The van der Waals surface area contributed by atoms with Crippen LogP contribution in [-0.2, 0) is 16.6 Å². The van der Waals surface area contributed by atoms with E-state index in [4.69, 9.17) is 4.74 Å². The maximum absolute atomic E-state index is 13.4. The summed E-state index contributed by atoms with van der Waals surface area (Å²) in [4.78, 5) is 8.48. The number of ether oxygens (including phenoxy) is 1. The van der Waals surface area contributed by atoms with Crippen LogP contribution in [0.3, 0.4) is 0 Å². The molecule has 0 bridgehead atoms. The smallest absolute Gasteiger partial charge is 0.254 e. The van der Waals surface area contributed by atoms with Gasteiger partial charge in [0.15, 0.2) is 0 Å². The first kappa shape index (κ1) is 24.7. The summed E-state index contributed by atoms with van der Waals surface area (Å²) >= 11 is 0. The second-order valence-electron chi connectivity index (χ2n) is 7.83. The van der Waals surface area contributed by atoms with Crippen molar-refractivity contribution in [2.45, 2.75) is 13.5 Å². The SMILES string of the molecule is C=CS(=O)(=O)Nc1cccc(Nc2cc(Nc3ccc(OCc4cccc(F)c4)c(C)c3)ncn2)c1. The number of halogens is 1. The number of aromatic nitrogens is 2. The predicted octanol–water partition coefficient (Wildman–Crippen LogP) is 5.88. The van der Waals surface area contributed by atoms with Crippen LogP contribution in [0.25, 0.3) is 0 Å². The quantitative estimate of drug-likeness (QED) is 0.247. The number of nitrogens with zero attached hydrogens (tertiary/aromatic N) is 2. The second-order valence-corrected chi connectivity index (χ2v) is 9.46. The lowest BCUT2D eigenvalue weighted by molar-refractivity contribution is 0.303. The van der Waals surface area contributed by atoms with Crippen molar-refractivity contribution in [2.24, 2.45) is 0 Å². The third kappa shape index (κ3) is 6.80. The van der Waals surface area contributed by atoms with Crippen molar-refractivity contribution in [3.8, 4) is 5.75 Å². The standard InChI is InChI=1S/C26H24FN5O3S/c1-3-36(33,34)32-23-9-5-8-21(14-23)30-25-15-26(29-17-28-25)31-22-10-11-24(18(2)12-22)35-16-19-6-4-7-20(27)13-19/h3-15,17,32H,1,16H2,2H3,(H2,28,29,30,31). The van der Waals surface area contributed by atoms with E-state index in [2.05, 4.69) is 31.9 Å².